The van der Waals surface area contributed by atoms with E-state index in [1.165, 1.54) is 29.2 Å². The zero-order valence-electron chi connectivity index (χ0n) is 20.2. The lowest BCUT2D eigenvalue weighted by molar-refractivity contribution is -0.137. The molecule has 2 N–H and O–H groups in total. The molecule has 1 aliphatic rings. The number of fused-ring (bicyclic) bond motifs is 2. The van der Waals surface area contributed by atoms with Crippen LogP contribution in [-0.2, 0) is 23.9 Å². The van der Waals surface area contributed by atoms with Crippen LogP contribution in [0.25, 0.3) is 10.9 Å². The molecule has 2 amide bonds. The maximum Gasteiger partial charge on any atom is 0.416 e. The molecular weight excluding hydrogens is 501 g/mol. The maximum atomic E-state index is 13.0. The molecule has 0 unspecified atom stereocenters. The molecule has 196 valence electrons. The van der Waals surface area contributed by atoms with Crippen molar-refractivity contribution in [1.29, 1.82) is 0 Å². The number of carbonyl (C=O) groups is 2. The highest BCUT2D eigenvalue weighted by atomic mass is 19.4. The summed E-state index contributed by atoms with van der Waals surface area (Å²) in [7, 11) is 1.60. The predicted octanol–water partition coefficient (Wildman–Crippen LogP) is 4.43. The van der Waals surface area contributed by atoms with Crippen molar-refractivity contribution in [2.75, 3.05) is 25.5 Å². The molecule has 0 bridgehead atoms. The Kier molecular flexibility index (Phi) is 6.72. The van der Waals surface area contributed by atoms with Gasteiger partial charge in [0.2, 0.25) is 11.8 Å². The maximum absolute atomic E-state index is 13.0. The van der Waals surface area contributed by atoms with Crippen LogP contribution in [0.3, 0.4) is 0 Å². The normalized spacial score (nSPS) is 13.7. The molecule has 0 radical (unpaired) electrons. The minimum absolute atomic E-state index is 0.0362. The van der Waals surface area contributed by atoms with E-state index in [9.17, 15) is 22.8 Å². The first-order valence-electron chi connectivity index (χ1n) is 11.7. The highest BCUT2D eigenvalue weighted by Gasteiger charge is 2.30. The molecule has 38 heavy (non-hydrogen) atoms. The van der Waals surface area contributed by atoms with Gasteiger partial charge in [0, 0.05) is 43.0 Å². The average Bonchev–Trinajstić information content (AvgIpc) is 3.32. The van der Waals surface area contributed by atoms with Gasteiger partial charge in [0.15, 0.2) is 0 Å². The molecule has 2 aromatic carbocycles. The lowest BCUT2D eigenvalue weighted by Gasteiger charge is -2.27. The van der Waals surface area contributed by atoms with Crippen molar-refractivity contribution in [1.82, 2.24) is 24.8 Å². The highest BCUT2D eigenvalue weighted by molar-refractivity contribution is 5.98. The topological polar surface area (TPSA) is 101 Å². The second kappa shape index (κ2) is 10.1. The zero-order valence-corrected chi connectivity index (χ0v) is 20.2. The van der Waals surface area contributed by atoms with E-state index in [2.05, 4.69) is 20.6 Å². The molecule has 12 heteroatoms. The number of anilines is 1. The van der Waals surface area contributed by atoms with Gasteiger partial charge >= 0.3 is 12.2 Å². The van der Waals surface area contributed by atoms with E-state index in [1.54, 1.807) is 31.3 Å². The van der Waals surface area contributed by atoms with Crippen LogP contribution < -0.4 is 15.4 Å². The molecule has 0 saturated heterocycles. The number of nitrogens with one attached hydrogen (secondary N) is 2. The summed E-state index contributed by atoms with van der Waals surface area (Å²) >= 11 is 0. The van der Waals surface area contributed by atoms with Crippen LogP contribution in [0.1, 0.15) is 16.8 Å². The second-order valence-electron chi connectivity index (χ2n) is 8.76. The summed E-state index contributed by atoms with van der Waals surface area (Å²) in [5.41, 5.74) is 1.41. The number of nitrogens with zero attached hydrogens (tertiary/aromatic N) is 4. The largest absolute Gasteiger partial charge is 0.439 e. The van der Waals surface area contributed by atoms with Crippen LogP contribution in [0.5, 0.6) is 11.6 Å². The molecular formula is C26H23F3N6O3. The lowest BCUT2D eigenvalue weighted by atomic mass is 10.1. The molecule has 1 aliphatic heterocycles. The van der Waals surface area contributed by atoms with E-state index >= 15 is 0 Å². The number of hydrogen-bond donors (Lipinski definition) is 2. The monoisotopic (exact) mass is 524 g/mol. The van der Waals surface area contributed by atoms with E-state index in [0.717, 1.165) is 23.4 Å². The van der Waals surface area contributed by atoms with Gasteiger partial charge in [0.25, 0.3) is 0 Å². The summed E-state index contributed by atoms with van der Waals surface area (Å²) in [6, 6.07) is 10.7. The van der Waals surface area contributed by atoms with E-state index < -0.39 is 17.8 Å². The first kappa shape index (κ1) is 25.2. The average molecular weight is 525 g/mol. The van der Waals surface area contributed by atoms with Crippen LogP contribution in [0.4, 0.5) is 23.7 Å². The third kappa shape index (κ3) is 5.30. The molecule has 0 aliphatic carbocycles. The highest BCUT2D eigenvalue weighted by Crippen LogP contribution is 2.32. The van der Waals surface area contributed by atoms with E-state index in [0.29, 0.717) is 42.0 Å². The Morgan fingerprint density at radius 3 is 2.74 bits per heavy atom. The van der Waals surface area contributed by atoms with Gasteiger partial charge in [0.05, 0.1) is 23.3 Å². The number of aromatic nitrogens is 3. The van der Waals surface area contributed by atoms with E-state index in [1.807, 2.05) is 4.90 Å². The number of rotatable bonds is 5. The molecule has 9 nitrogen and oxygen atoms in total. The number of likely N-dealkylation sites (N-methyl/N-ethyl adjacent to an activating group) is 1. The Morgan fingerprint density at radius 2 is 1.95 bits per heavy atom. The first-order chi connectivity index (χ1) is 18.2. The second-order valence-corrected chi connectivity index (χ2v) is 8.76. The van der Waals surface area contributed by atoms with Gasteiger partial charge in [0.1, 0.15) is 12.1 Å². The van der Waals surface area contributed by atoms with Gasteiger partial charge in [-0.15, -0.1) is 0 Å². The zero-order chi connectivity index (χ0) is 26.9. The fraction of sp³-hybridized carbons (Fsp3) is 0.231. The number of hydrogen-bond acceptors (Lipinski definition) is 6. The van der Waals surface area contributed by atoms with Crippen LogP contribution in [0.15, 0.2) is 61.1 Å². The standard InChI is InChI=1S/C26H23F3N6O3/c1-30-23(36)14-34-9-8-20-21(13-34)31-15-32-24(20)38-19-5-6-22-16(11-19)7-10-35(22)25(37)33-18-4-2-3-17(12-18)26(27,28)29/h2-7,10-12,15H,8-9,13-14H2,1H3,(H,30,36)(H,33,37). The smallest absolute Gasteiger partial charge is 0.416 e. The van der Waals surface area contributed by atoms with Gasteiger partial charge in [-0.1, -0.05) is 6.07 Å². The van der Waals surface area contributed by atoms with Crippen molar-refractivity contribution >= 4 is 28.5 Å². The first-order valence-corrected chi connectivity index (χ1v) is 11.7. The SMILES string of the molecule is CNC(=O)CN1CCc2c(ncnc2Oc2ccc3c(ccn3C(=O)Nc3cccc(C(F)(F)F)c3)c2)C1. The van der Waals surface area contributed by atoms with Crippen LogP contribution in [0, 0.1) is 0 Å². The minimum atomic E-state index is -4.51. The molecule has 5 rings (SSSR count). The fourth-order valence-electron chi connectivity index (χ4n) is 4.31. The fourth-order valence-corrected chi connectivity index (χ4v) is 4.31. The summed E-state index contributed by atoms with van der Waals surface area (Å²) in [4.78, 5) is 35.2. The molecule has 0 atom stereocenters. The van der Waals surface area contributed by atoms with Crippen molar-refractivity contribution in [3.05, 3.63) is 77.9 Å². The van der Waals surface area contributed by atoms with Crippen molar-refractivity contribution < 1.29 is 27.5 Å². The van der Waals surface area contributed by atoms with Gasteiger partial charge in [-0.2, -0.15) is 13.2 Å². The number of ether oxygens (including phenoxy) is 1. The third-order valence-corrected chi connectivity index (χ3v) is 6.23. The van der Waals surface area contributed by atoms with Crippen molar-refractivity contribution in [2.24, 2.45) is 0 Å². The summed E-state index contributed by atoms with van der Waals surface area (Å²) in [5, 5.41) is 5.82. The van der Waals surface area contributed by atoms with Crippen LogP contribution in [0.2, 0.25) is 0 Å². The Hall–Kier alpha value is -4.45. The Balaban J connectivity index is 1.32. The summed E-state index contributed by atoms with van der Waals surface area (Å²) < 4.78 is 46.4. The van der Waals surface area contributed by atoms with Crippen molar-refractivity contribution in [2.45, 2.75) is 19.1 Å². The quantitative estimate of drug-likeness (QED) is 0.401. The number of benzene rings is 2. The number of carbonyl (C=O) groups excluding carboxylic acids is 2. The Morgan fingerprint density at radius 1 is 1.11 bits per heavy atom. The van der Waals surface area contributed by atoms with Crippen molar-refractivity contribution in [3.8, 4) is 11.6 Å². The Bertz CT molecular complexity index is 1520. The molecule has 2 aromatic heterocycles. The van der Waals surface area contributed by atoms with Gasteiger partial charge in [-0.3, -0.25) is 14.3 Å². The van der Waals surface area contributed by atoms with Gasteiger partial charge in [-0.25, -0.2) is 14.8 Å². The predicted molar refractivity (Wildman–Crippen MR) is 133 cm³/mol. The number of amides is 2. The van der Waals surface area contributed by atoms with Gasteiger partial charge < -0.3 is 15.4 Å². The molecule has 4 aromatic rings. The summed E-state index contributed by atoms with van der Waals surface area (Å²) in [6.07, 6.45) is -0.933. The van der Waals surface area contributed by atoms with Gasteiger partial charge in [-0.05, 0) is 48.9 Å². The molecule has 0 spiro atoms. The molecule has 3 heterocycles. The number of halogens is 3. The number of alkyl halides is 3. The van der Waals surface area contributed by atoms with Crippen molar-refractivity contribution in [3.63, 3.8) is 0 Å². The minimum Gasteiger partial charge on any atom is -0.439 e. The Labute approximate surface area is 215 Å². The lowest BCUT2D eigenvalue weighted by Crippen LogP contribution is -2.39. The molecule has 0 saturated carbocycles. The summed E-state index contributed by atoms with van der Waals surface area (Å²) in [5.74, 6) is 0.862. The van der Waals surface area contributed by atoms with Crippen LogP contribution in [-0.4, -0.2) is 51.5 Å². The van der Waals surface area contributed by atoms with E-state index in [4.69, 9.17) is 4.74 Å². The third-order valence-electron chi connectivity index (χ3n) is 6.23. The summed E-state index contributed by atoms with van der Waals surface area (Å²) in [6.45, 7) is 1.45. The molecule has 0 fully saturated rings. The van der Waals surface area contributed by atoms with E-state index in [-0.39, 0.29) is 18.1 Å². The van der Waals surface area contributed by atoms with Crippen LogP contribution >= 0.6 is 0 Å².